The lowest BCUT2D eigenvalue weighted by molar-refractivity contribution is -0.119. The van der Waals surface area contributed by atoms with Gasteiger partial charge in [-0.15, -0.1) is 0 Å². The molecule has 1 saturated heterocycles. The van der Waals surface area contributed by atoms with Crippen LogP contribution in [0.1, 0.15) is 42.6 Å². The Morgan fingerprint density at radius 3 is 2.34 bits per heavy atom. The maximum atomic E-state index is 13.3. The van der Waals surface area contributed by atoms with Gasteiger partial charge in [-0.05, 0) is 67.1 Å². The molecular weight excluding hydrogens is 449 g/mol. The Bertz CT molecular complexity index is 1170. The monoisotopic (exact) mass is 479 g/mol. The van der Waals surface area contributed by atoms with Crippen molar-refractivity contribution in [1.29, 1.82) is 0 Å². The van der Waals surface area contributed by atoms with Crippen LogP contribution >= 0.6 is 0 Å². The fraction of sp³-hybridized carbons (Fsp3) is 0.385. The lowest BCUT2D eigenvalue weighted by Crippen LogP contribution is -2.42. The highest BCUT2D eigenvalue weighted by Crippen LogP contribution is 2.27. The molecule has 8 nitrogen and oxygen atoms in total. The zero-order valence-corrected chi connectivity index (χ0v) is 20.1. The highest BCUT2D eigenvalue weighted by molar-refractivity contribution is 6.44. The van der Waals surface area contributed by atoms with Crippen LogP contribution in [-0.2, 0) is 9.59 Å². The number of hydrogen-bond acceptors (Lipinski definition) is 5. The summed E-state index contributed by atoms with van der Waals surface area (Å²) in [6.45, 7) is 7.55. The van der Waals surface area contributed by atoms with Gasteiger partial charge < -0.3 is 16.0 Å². The van der Waals surface area contributed by atoms with E-state index >= 15 is 0 Å². The highest BCUT2D eigenvalue weighted by atomic mass is 19.1. The molecule has 0 bridgehead atoms. The molecule has 3 atom stereocenters. The van der Waals surface area contributed by atoms with Crippen LogP contribution in [0.4, 0.5) is 15.8 Å². The number of carbonyl (C=O) groups excluding carboxylic acids is 3. The van der Waals surface area contributed by atoms with Crippen molar-refractivity contribution in [1.82, 2.24) is 4.90 Å². The van der Waals surface area contributed by atoms with Gasteiger partial charge in [0.15, 0.2) is 0 Å². The molecule has 0 aliphatic carbocycles. The molecule has 2 aliphatic heterocycles. The molecule has 2 aromatic carbocycles. The maximum absolute atomic E-state index is 13.3. The number of anilines is 2. The molecule has 2 aliphatic rings. The molecule has 2 heterocycles. The predicted octanol–water partition coefficient (Wildman–Crippen LogP) is 3.31. The summed E-state index contributed by atoms with van der Waals surface area (Å²) in [6.07, 6.45) is 1.11. The Morgan fingerprint density at radius 2 is 1.71 bits per heavy atom. The fourth-order valence-electron chi connectivity index (χ4n) is 4.80. The number of aryl methyl sites for hydroxylation is 1. The van der Waals surface area contributed by atoms with Gasteiger partial charge in [0.1, 0.15) is 17.6 Å². The van der Waals surface area contributed by atoms with Crippen molar-refractivity contribution in [2.45, 2.75) is 39.7 Å². The number of halogens is 1. The molecule has 0 radical (unpaired) electrons. The van der Waals surface area contributed by atoms with E-state index in [0.717, 1.165) is 12.0 Å². The molecule has 184 valence electrons. The standard InChI is InChI=1S/C26H30FN5O3/c1-15-10-16(2)14-31(13-15)26(35)18-5-4-17(3)21(11-18)29-25(34)22-12-23(24(28)33)32(30-22)20-8-6-19(27)7-9-20/h4-9,11,15-16,23H,10,12-14H2,1-3H3,(H2,28,33)(H,29,34). The summed E-state index contributed by atoms with van der Waals surface area (Å²) in [5.41, 5.74) is 7.89. The van der Waals surface area contributed by atoms with Crippen molar-refractivity contribution in [2.24, 2.45) is 22.7 Å². The van der Waals surface area contributed by atoms with Gasteiger partial charge in [-0.1, -0.05) is 19.9 Å². The van der Waals surface area contributed by atoms with E-state index in [1.807, 2.05) is 11.8 Å². The molecule has 0 aromatic heterocycles. The van der Waals surface area contributed by atoms with Crippen molar-refractivity contribution in [3.63, 3.8) is 0 Å². The number of benzene rings is 2. The van der Waals surface area contributed by atoms with Gasteiger partial charge in [-0.2, -0.15) is 5.10 Å². The normalized spacial score (nSPS) is 22.1. The minimum Gasteiger partial charge on any atom is -0.368 e. The summed E-state index contributed by atoms with van der Waals surface area (Å²) >= 11 is 0. The van der Waals surface area contributed by atoms with Gasteiger partial charge in [-0.3, -0.25) is 19.4 Å². The Morgan fingerprint density at radius 1 is 1.06 bits per heavy atom. The number of nitrogens with one attached hydrogen (secondary N) is 1. The van der Waals surface area contributed by atoms with Gasteiger partial charge in [0.05, 0.1) is 5.69 Å². The maximum Gasteiger partial charge on any atom is 0.271 e. The lowest BCUT2D eigenvalue weighted by atomic mass is 9.91. The summed E-state index contributed by atoms with van der Waals surface area (Å²) < 4.78 is 13.3. The first-order chi connectivity index (χ1) is 16.6. The zero-order chi connectivity index (χ0) is 25.3. The number of hydrazone groups is 1. The molecule has 9 heteroatoms. The fourth-order valence-corrected chi connectivity index (χ4v) is 4.80. The molecule has 3 amide bonds. The number of primary amides is 1. The van der Waals surface area contributed by atoms with Crippen LogP contribution in [-0.4, -0.2) is 47.5 Å². The minimum atomic E-state index is -0.863. The van der Waals surface area contributed by atoms with E-state index in [1.165, 1.54) is 29.3 Å². The largest absolute Gasteiger partial charge is 0.368 e. The number of hydrogen-bond donors (Lipinski definition) is 2. The van der Waals surface area contributed by atoms with Gasteiger partial charge >= 0.3 is 0 Å². The second-order valence-corrected chi connectivity index (χ2v) is 9.63. The number of nitrogens with zero attached hydrogens (tertiary/aromatic N) is 3. The topological polar surface area (TPSA) is 108 Å². The van der Waals surface area contributed by atoms with Crippen molar-refractivity contribution in [3.8, 4) is 0 Å². The third-order valence-corrected chi connectivity index (χ3v) is 6.48. The summed E-state index contributed by atoms with van der Waals surface area (Å²) in [7, 11) is 0. The average Bonchev–Trinajstić information content (AvgIpc) is 3.26. The van der Waals surface area contributed by atoms with Gasteiger partial charge in [0.2, 0.25) is 5.91 Å². The zero-order valence-electron chi connectivity index (χ0n) is 20.1. The second-order valence-electron chi connectivity index (χ2n) is 9.63. The van der Waals surface area contributed by atoms with E-state index in [1.54, 1.807) is 18.2 Å². The molecule has 3 N–H and O–H groups in total. The van der Waals surface area contributed by atoms with Crippen LogP contribution in [0.25, 0.3) is 0 Å². The summed E-state index contributed by atoms with van der Waals surface area (Å²) in [5, 5.41) is 8.47. The molecule has 0 saturated carbocycles. The summed E-state index contributed by atoms with van der Waals surface area (Å²) in [5.74, 6) is -0.745. The van der Waals surface area contributed by atoms with Gasteiger partial charge in [-0.25, -0.2) is 4.39 Å². The molecule has 3 unspecified atom stereocenters. The molecule has 35 heavy (non-hydrogen) atoms. The van der Waals surface area contributed by atoms with Crippen molar-refractivity contribution in [3.05, 3.63) is 59.4 Å². The highest BCUT2D eigenvalue weighted by Gasteiger charge is 2.35. The van der Waals surface area contributed by atoms with E-state index < -0.39 is 23.7 Å². The molecule has 4 rings (SSSR count). The predicted molar refractivity (Wildman–Crippen MR) is 133 cm³/mol. The van der Waals surface area contributed by atoms with Crippen molar-refractivity contribution < 1.29 is 18.8 Å². The van der Waals surface area contributed by atoms with Crippen LogP contribution < -0.4 is 16.1 Å². The van der Waals surface area contributed by atoms with Crippen LogP contribution in [0.15, 0.2) is 47.6 Å². The number of amides is 3. The van der Waals surface area contributed by atoms with E-state index in [2.05, 4.69) is 24.3 Å². The van der Waals surface area contributed by atoms with Gasteiger partial charge in [0, 0.05) is 30.8 Å². The van der Waals surface area contributed by atoms with Crippen LogP contribution in [0.5, 0.6) is 0 Å². The van der Waals surface area contributed by atoms with Crippen LogP contribution in [0.3, 0.4) is 0 Å². The van der Waals surface area contributed by atoms with E-state index in [-0.39, 0.29) is 18.0 Å². The number of likely N-dealkylation sites (tertiary alicyclic amines) is 1. The SMILES string of the molecule is Cc1ccc(C(=O)N2CC(C)CC(C)C2)cc1NC(=O)C1=NN(c2ccc(F)cc2)C(C(N)=O)C1. The molecule has 1 fully saturated rings. The van der Waals surface area contributed by atoms with Gasteiger partial charge in [0.25, 0.3) is 11.8 Å². The smallest absolute Gasteiger partial charge is 0.271 e. The Hall–Kier alpha value is -3.75. The summed E-state index contributed by atoms with van der Waals surface area (Å²) in [4.78, 5) is 40.1. The number of rotatable bonds is 5. The average molecular weight is 480 g/mol. The Kier molecular flexibility index (Phi) is 6.86. The first-order valence-electron chi connectivity index (χ1n) is 11.7. The third kappa shape index (κ3) is 5.34. The van der Waals surface area contributed by atoms with Crippen LogP contribution in [0, 0.1) is 24.6 Å². The third-order valence-electron chi connectivity index (χ3n) is 6.48. The lowest BCUT2D eigenvalue weighted by Gasteiger charge is -2.35. The summed E-state index contributed by atoms with van der Waals surface area (Å²) in [6, 6.07) is 9.81. The molecule has 2 aromatic rings. The van der Waals surface area contributed by atoms with E-state index in [0.29, 0.717) is 41.9 Å². The Labute approximate surface area is 204 Å². The second kappa shape index (κ2) is 9.85. The van der Waals surface area contributed by atoms with E-state index in [9.17, 15) is 18.8 Å². The molecule has 0 spiro atoms. The number of piperidine rings is 1. The Balaban J connectivity index is 1.53. The van der Waals surface area contributed by atoms with Crippen LogP contribution in [0.2, 0.25) is 0 Å². The number of nitrogens with two attached hydrogens (primary N) is 1. The number of carbonyl (C=O) groups is 3. The van der Waals surface area contributed by atoms with E-state index in [4.69, 9.17) is 5.73 Å². The minimum absolute atomic E-state index is 0.0137. The first-order valence-corrected chi connectivity index (χ1v) is 11.7. The quantitative estimate of drug-likeness (QED) is 0.686. The van der Waals surface area contributed by atoms with Crippen molar-refractivity contribution in [2.75, 3.05) is 23.4 Å². The van der Waals surface area contributed by atoms with Crippen molar-refractivity contribution >= 4 is 34.8 Å². The first kappa shape index (κ1) is 24.4. The molecular formula is C26H30FN5O3.